The van der Waals surface area contributed by atoms with Crippen LogP contribution in [-0.2, 0) is 6.42 Å². The van der Waals surface area contributed by atoms with Crippen LogP contribution in [0.2, 0.25) is 0 Å². The van der Waals surface area contributed by atoms with Gasteiger partial charge in [0.25, 0.3) is 0 Å². The molecule has 1 aliphatic rings. The average molecular weight is 281 g/mol. The van der Waals surface area contributed by atoms with Gasteiger partial charge in [0.2, 0.25) is 0 Å². The van der Waals surface area contributed by atoms with Crippen LogP contribution in [0.1, 0.15) is 55.3 Å². The Morgan fingerprint density at radius 3 is 2.76 bits per heavy atom. The fourth-order valence-electron chi connectivity index (χ4n) is 3.27. The van der Waals surface area contributed by atoms with Crippen molar-refractivity contribution in [1.82, 2.24) is 0 Å². The van der Waals surface area contributed by atoms with Crippen LogP contribution in [-0.4, -0.2) is 5.11 Å². The molecule has 0 radical (unpaired) electrons. The first kappa shape index (κ1) is 14.0. The van der Waals surface area contributed by atoms with Crippen molar-refractivity contribution in [2.75, 3.05) is 5.32 Å². The van der Waals surface area contributed by atoms with E-state index in [1.54, 1.807) is 6.07 Å². The number of aromatic hydroxyl groups is 1. The third-order valence-corrected chi connectivity index (χ3v) is 4.35. The second kappa shape index (κ2) is 5.80. The molecule has 0 heterocycles. The van der Waals surface area contributed by atoms with Crippen molar-refractivity contribution in [3.8, 4) is 5.75 Å². The van der Waals surface area contributed by atoms with Crippen molar-refractivity contribution in [3.05, 3.63) is 59.2 Å². The molecule has 2 aromatic carbocycles. The van der Waals surface area contributed by atoms with Gasteiger partial charge in [0.1, 0.15) is 5.75 Å². The molecule has 0 saturated carbocycles. The number of hydrogen-bond acceptors (Lipinski definition) is 2. The van der Waals surface area contributed by atoms with E-state index in [1.807, 2.05) is 6.07 Å². The van der Waals surface area contributed by atoms with Gasteiger partial charge in [-0.3, -0.25) is 0 Å². The molecule has 0 bridgehead atoms. The summed E-state index contributed by atoms with van der Waals surface area (Å²) in [7, 11) is 0. The Morgan fingerprint density at radius 1 is 1.14 bits per heavy atom. The Balaban J connectivity index is 1.91. The molecule has 21 heavy (non-hydrogen) atoms. The van der Waals surface area contributed by atoms with Gasteiger partial charge in [-0.25, -0.2) is 0 Å². The Labute approximate surface area is 126 Å². The minimum atomic E-state index is 0.342. The van der Waals surface area contributed by atoms with Crippen molar-refractivity contribution in [1.29, 1.82) is 0 Å². The lowest BCUT2D eigenvalue weighted by molar-refractivity contribution is 0.472. The molecule has 0 aromatic heterocycles. The molecule has 1 unspecified atom stereocenters. The zero-order chi connectivity index (χ0) is 14.8. The maximum Gasteiger partial charge on any atom is 0.115 e. The minimum Gasteiger partial charge on any atom is -0.508 e. The normalized spacial score (nSPS) is 17.6. The van der Waals surface area contributed by atoms with E-state index in [9.17, 15) is 5.11 Å². The molecular formula is C19H23NO. The summed E-state index contributed by atoms with van der Waals surface area (Å²) >= 11 is 0. The smallest absolute Gasteiger partial charge is 0.115 e. The van der Waals surface area contributed by atoms with E-state index in [2.05, 4.69) is 49.5 Å². The highest BCUT2D eigenvalue weighted by Gasteiger charge is 2.21. The van der Waals surface area contributed by atoms with Gasteiger partial charge in [-0.15, -0.1) is 0 Å². The number of anilines is 1. The number of phenolic OH excluding ortho intramolecular Hbond substituents is 1. The standard InChI is InChI=1S/C19H23NO/c1-13(2)16-7-3-4-8-18(16)20-19-9-5-6-14-12-15(21)10-11-17(14)19/h3-4,7-8,10-13,19-21H,5-6,9H2,1-2H3. The van der Waals surface area contributed by atoms with Crippen molar-refractivity contribution in [3.63, 3.8) is 0 Å². The molecule has 2 N–H and O–H groups in total. The van der Waals surface area contributed by atoms with E-state index < -0.39 is 0 Å². The monoisotopic (exact) mass is 281 g/mol. The fraction of sp³-hybridized carbons (Fsp3) is 0.368. The van der Waals surface area contributed by atoms with Gasteiger partial charge in [-0.2, -0.15) is 0 Å². The van der Waals surface area contributed by atoms with Gasteiger partial charge in [0.05, 0.1) is 6.04 Å². The topological polar surface area (TPSA) is 32.3 Å². The highest BCUT2D eigenvalue weighted by molar-refractivity contribution is 5.55. The van der Waals surface area contributed by atoms with Crippen molar-refractivity contribution in [2.45, 2.75) is 45.1 Å². The molecule has 0 fully saturated rings. The maximum atomic E-state index is 9.66. The number of hydrogen-bond donors (Lipinski definition) is 2. The number of aryl methyl sites for hydroxylation is 1. The summed E-state index contributed by atoms with van der Waals surface area (Å²) in [5.74, 6) is 0.883. The molecule has 3 rings (SSSR count). The van der Waals surface area contributed by atoms with Crippen LogP contribution >= 0.6 is 0 Å². The van der Waals surface area contributed by atoms with E-state index in [4.69, 9.17) is 0 Å². The molecule has 1 atom stereocenters. The van der Waals surface area contributed by atoms with Crippen molar-refractivity contribution < 1.29 is 5.11 Å². The maximum absolute atomic E-state index is 9.66. The van der Waals surface area contributed by atoms with Gasteiger partial charge in [0.15, 0.2) is 0 Å². The summed E-state index contributed by atoms with van der Waals surface area (Å²) in [6.07, 6.45) is 3.37. The molecule has 0 amide bonds. The van der Waals surface area contributed by atoms with Crippen LogP contribution in [0.5, 0.6) is 5.75 Å². The molecular weight excluding hydrogens is 258 g/mol. The van der Waals surface area contributed by atoms with E-state index in [-0.39, 0.29) is 0 Å². The first-order valence-corrected chi connectivity index (χ1v) is 7.82. The lowest BCUT2D eigenvalue weighted by atomic mass is 9.87. The summed E-state index contributed by atoms with van der Waals surface area (Å²) < 4.78 is 0. The fourth-order valence-corrected chi connectivity index (χ4v) is 3.27. The molecule has 2 aromatic rings. The lowest BCUT2D eigenvalue weighted by Crippen LogP contribution is -2.18. The Hall–Kier alpha value is -1.96. The Kier molecular flexibility index (Phi) is 3.87. The summed E-state index contributed by atoms with van der Waals surface area (Å²) in [6, 6.07) is 14.7. The molecule has 1 aliphatic carbocycles. The first-order valence-electron chi connectivity index (χ1n) is 7.82. The number of para-hydroxylation sites is 1. The summed E-state index contributed by atoms with van der Waals surface area (Å²) in [5.41, 5.74) is 5.21. The van der Waals surface area contributed by atoms with Gasteiger partial charge < -0.3 is 10.4 Å². The highest BCUT2D eigenvalue weighted by Crippen LogP contribution is 2.36. The highest BCUT2D eigenvalue weighted by atomic mass is 16.3. The van der Waals surface area contributed by atoms with Crippen LogP contribution in [0.25, 0.3) is 0 Å². The minimum absolute atomic E-state index is 0.342. The molecule has 2 nitrogen and oxygen atoms in total. The molecule has 0 spiro atoms. The van der Waals surface area contributed by atoms with E-state index in [0.29, 0.717) is 17.7 Å². The average Bonchev–Trinajstić information content (AvgIpc) is 2.47. The second-order valence-electron chi connectivity index (χ2n) is 6.21. The third kappa shape index (κ3) is 2.90. The van der Waals surface area contributed by atoms with Crippen LogP contribution in [0.3, 0.4) is 0 Å². The van der Waals surface area contributed by atoms with Gasteiger partial charge in [0, 0.05) is 5.69 Å². The van der Waals surface area contributed by atoms with Crippen molar-refractivity contribution in [2.24, 2.45) is 0 Å². The largest absolute Gasteiger partial charge is 0.508 e. The molecule has 110 valence electrons. The van der Waals surface area contributed by atoms with Gasteiger partial charge >= 0.3 is 0 Å². The third-order valence-electron chi connectivity index (χ3n) is 4.35. The quantitative estimate of drug-likeness (QED) is 0.829. The first-order chi connectivity index (χ1) is 10.1. The number of rotatable bonds is 3. The SMILES string of the molecule is CC(C)c1ccccc1NC1CCCc2cc(O)ccc21. The second-order valence-corrected chi connectivity index (χ2v) is 6.21. The van der Waals surface area contributed by atoms with Crippen molar-refractivity contribution >= 4 is 5.69 Å². The molecule has 0 aliphatic heterocycles. The van der Waals surface area contributed by atoms with Crippen LogP contribution in [0.4, 0.5) is 5.69 Å². The number of benzene rings is 2. The Bertz CT molecular complexity index is 633. The number of fused-ring (bicyclic) bond motifs is 1. The summed E-state index contributed by atoms with van der Waals surface area (Å²) in [4.78, 5) is 0. The van der Waals surface area contributed by atoms with E-state index in [0.717, 1.165) is 19.3 Å². The number of phenols is 1. The van der Waals surface area contributed by atoms with E-state index >= 15 is 0 Å². The molecule has 2 heteroatoms. The predicted octanol–water partition coefficient (Wildman–Crippen LogP) is 5.01. The zero-order valence-corrected chi connectivity index (χ0v) is 12.8. The van der Waals surface area contributed by atoms with Gasteiger partial charge in [-0.05, 0) is 60.1 Å². The van der Waals surface area contributed by atoms with Gasteiger partial charge in [-0.1, -0.05) is 38.1 Å². The van der Waals surface area contributed by atoms with Crippen LogP contribution < -0.4 is 5.32 Å². The lowest BCUT2D eigenvalue weighted by Gasteiger charge is -2.28. The zero-order valence-electron chi connectivity index (χ0n) is 12.8. The van der Waals surface area contributed by atoms with E-state index in [1.165, 1.54) is 22.4 Å². The summed E-state index contributed by atoms with van der Waals surface area (Å²) in [6.45, 7) is 4.46. The molecule has 0 saturated heterocycles. The van der Waals surface area contributed by atoms with Crippen LogP contribution in [0.15, 0.2) is 42.5 Å². The number of nitrogens with one attached hydrogen (secondary N) is 1. The van der Waals surface area contributed by atoms with Crippen LogP contribution in [0, 0.1) is 0 Å². The predicted molar refractivity (Wildman–Crippen MR) is 87.9 cm³/mol. The summed E-state index contributed by atoms with van der Waals surface area (Å²) in [5, 5.41) is 13.4. The Morgan fingerprint density at radius 2 is 1.95 bits per heavy atom.